The molecule has 3 N–H and O–H groups in total. The van der Waals surface area contributed by atoms with Crippen molar-refractivity contribution < 1.29 is 14.7 Å². The van der Waals surface area contributed by atoms with E-state index >= 15 is 0 Å². The van der Waals surface area contributed by atoms with Gasteiger partial charge in [-0.25, -0.2) is 0 Å². The van der Waals surface area contributed by atoms with Crippen molar-refractivity contribution in [1.82, 2.24) is 10.6 Å². The molecule has 0 spiro atoms. The molecule has 0 radical (unpaired) electrons. The van der Waals surface area contributed by atoms with Gasteiger partial charge in [-0.1, -0.05) is 32.2 Å². The molecule has 0 heterocycles. The predicted octanol–water partition coefficient (Wildman–Crippen LogP) is 1.56. The van der Waals surface area contributed by atoms with Crippen molar-refractivity contribution in [3.05, 3.63) is 54.1 Å². The fourth-order valence-corrected chi connectivity index (χ4v) is 1.81. The molecular formula is C16H20N2O3. The summed E-state index contributed by atoms with van der Waals surface area (Å²) >= 11 is 0. The van der Waals surface area contributed by atoms with Gasteiger partial charge in [0.05, 0.1) is 0 Å². The maximum atomic E-state index is 11.2. The Morgan fingerprint density at radius 3 is 1.86 bits per heavy atom. The molecule has 0 saturated heterocycles. The third-order valence-electron chi connectivity index (χ3n) is 3.01. The monoisotopic (exact) mass is 288 g/mol. The molecule has 5 heteroatoms. The van der Waals surface area contributed by atoms with E-state index in [0.717, 1.165) is 12.0 Å². The molecule has 0 unspecified atom stereocenters. The smallest absolute Gasteiger partial charge is 0.243 e. The fraction of sp³-hybridized carbons (Fsp3) is 0.250. The Bertz CT molecular complexity index is 520. The number of rotatable bonds is 7. The molecule has 0 bridgehead atoms. The SMILES string of the molecule is C=CC(=O)NCc1cc(CC)cc(CNC(=O)C=C)c1O. The summed E-state index contributed by atoms with van der Waals surface area (Å²) < 4.78 is 0. The molecule has 0 aliphatic carbocycles. The molecule has 0 fully saturated rings. The van der Waals surface area contributed by atoms with Crippen LogP contribution in [0.4, 0.5) is 0 Å². The maximum Gasteiger partial charge on any atom is 0.243 e. The van der Waals surface area contributed by atoms with Crippen molar-refractivity contribution in [1.29, 1.82) is 0 Å². The van der Waals surface area contributed by atoms with Crippen molar-refractivity contribution >= 4 is 11.8 Å². The number of aryl methyl sites for hydroxylation is 1. The molecule has 1 aromatic rings. The van der Waals surface area contributed by atoms with Crippen LogP contribution in [0.15, 0.2) is 37.4 Å². The van der Waals surface area contributed by atoms with Crippen molar-refractivity contribution in [3.8, 4) is 5.75 Å². The Hall–Kier alpha value is -2.56. The highest BCUT2D eigenvalue weighted by atomic mass is 16.3. The van der Waals surface area contributed by atoms with Gasteiger partial charge in [-0.2, -0.15) is 0 Å². The lowest BCUT2D eigenvalue weighted by molar-refractivity contribution is -0.117. The Morgan fingerprint density at radius 2 is 1.52 bits per heavy atom. The summed E-state index contributed by atoms with van der Waals surface area (Å²) in [5, 5.41) is 15.5. The van der Waals surface area contributed by atoms with E-state index < -0.39 is 0 Å². The Labute approximate surface area is 124 Å². The molecule has 0 atom stereocenters. The van der Waals surface area contributed by atoms with Gasteiger partial charge < -0.3 is 15.7 Å². The van der Waals surface area contributed by atoms with Crippen LogP contribution in [0.25, 0.3) is 0 Å². The lowest BCUT2D eigenvalue weighted by Crippen LogP contribution is -2.22. The van der Waals surface area contributed by atoms with E-state index in [1.165, 1.54) is 12.2 Å². The molecule has 21 heavy (non-hydrogen) atoms. The van der Waals surface area contributed by atoms with Gasteiger partial charge in [0.1, 0.15) is 5.75 Å². The Morgan fingerprint density at radius 1 is 1.10 bits per heavy atom. The summed E-state index contributed by atoms with van der Waals surface area (Å²) in [4.78, 5) is 22.4. The highest BCUT2D eigenvalue weighted by molar-refractivity contribution is 5.87. The van der Waals surface area contributed by atoms with Gasteiger partial charge in [-0.15, -0.1) is 0 Å². The first-order valence-corrected chi connectivity index (χ1v) is 6.66. The summed E-state index contributed by atoms with van der Waals surface area (Å²) in [7, 11) is 0. The van der Waals surface area contributed by atoms with Gasteiger partial charge in [0.15, 0.2) is 0 Å². The lowest BCUT2D eigenvalue weighted by Gasteiger charge is -2.13. The standard InChI is InChI=1S/C16H20N2O3/c1-4-11-7-12(9-17-14(19)5-2)16(21)13(8-11)10-18-15(20)6-3/h5-8,21H,2-4,9-10H2,1H3,(H,17,19)(H,18,20). The molecule has 0 aliphatic rings. The summed E-state index contributed by atoms with van der Waals surface area (Å²) in [6.07, 6.45) is 3.13. The van der Waals surface area contributed by atoms with Crippen LogP contribution >= 0.6 is 0 Å². The maximum absolute atomic E-state index is 11.2. The minimum Gasteiger partial charge on any atom is -0.507 e. The number of phenolic OH excluding ortho intramolecular Hbond substituents is 1. The van der Waals surface area contributed by atoms with E-state index in [1.807, 2.05) is 19.1 Å². The largest absolute Gasteiger partial charge is 0.507 e. The molecule has 2 amide bonds. The number of benzene rings is 1. The highest BCUT2D eigenvalue weighted by Crippen LogP contribution is 2.25. The summed E-state index contributed by atoms with van der Waals surface area (Å²) in [5.41, 5.74) is 2.22. The summed E-state index contributed by atoms with van der Waals surface area (Å²) in [6.45, 7) is 9.14. The molecule has 1 rings (SSSR count). The van der Waals surface area contributed by atoms with Crippen LogP contribution in [0.5, 0.6) is 5.75 Å². The Balaban J connectivity index is 2.96. The molecule has 112 valence electrons. The zero-order valence-electron chi connectivity index (χ0n) is 12.1. The normalized spacial score (nSPS) is 9.76. The van der Waals surface area contributed by atoms with Crippen molar-refractivity contribution in [3.63, 3.8) is 0 Å². The number of aromatic hydroxyl groups is 1. The number of phenols is 1. The predicted molar refractivity (Wildman–Crippen MR) is 81.6 cm³/mol. The van der Waals surface area contributed by atoms with E-state index in [-0.39, 0.29) is 30.7 Å². The number of carbonyl (C=O) groups is 2. The zero-order valence-corrected chi connectivity index (χ0v) is 12.1. The first-order chi connectivity index (χ1) is 10.0. The number of carbonyl (C=O) groups excluding carboxylic acids is 2. The number of amides is 2. The van der Waals surface area contributed by atoms with E-state index in [9.17, 15) is 14.7 Å². The quantitative estimate of drug-likeness (QED) is 0.666. The van der Waals surface area contributed by atoms with Crippen LogP contribution < -0.4 is 10.6 Å². The highest BCUT2D eigenvalue weighted by Gasteiger charge is 2.11. The van der Waals surface area contributed by atoms with Gasteiger partial charge in [0, 0.05) is 24.2 Å². The van der Waals surface area contributed by atoms with E-state index in [1.54, 1.807) is 0 Å². The fourth-order valence-electron chi connectivity index (χ4n) is 1.81. The average molecular weight is 288 g/mol. The number of hydrogen-bond acceptors (Lipinski definition) is 3. The molecule has 5 nitrogen and oxygen atoms in total. The topological polar surface area (TPSA) is 78.4 Å². The van der Waals surface area contributed by atoms with E-state index in [2.05, 4.69) is 23.8 Å². The minimum atomic E-state index is -0.308. The second-order valence-corrected chi connectivity index (χ2v) is 4.46. The summed E-state index contributed by atoms with van der Waals surface area (Å²) in [6, 6.07) is 3.66. The van der Waals surface area contributed by atoms with Crippen LogP contribution in [0.2, 0.25) is 0 Å². The third-order valence-corrected chi connectivity index (χ3v) is 3.01. The van der Waals surface area contributed by atoms with Crippen LogP contribution in [-0.2, 0) is 29.1 Å². The lowest BCUT2D eigenvalue weighted by atomic mass is 10.0. The first kappa shape index (κ1) is 16.5. The van der Waals surface area contributed by atoms with E-state index in [0.29, 0.717) is 11.1 Å². The molecule has 0 aromatic heterocycles. The van der Waals surface area contributed by atoms with Crippen molar-refractivity contribution in [2.75, 3.05) is 0 Å². The molecule has 0 saturated carbocycles. The molecular weight excluding hydrogens is 268 g/mol. The Kier molecular flexibility index (Phi) is 6.20. The van der Waals surface area contributed by atoms with E-state index in [4.69, 9.17) is 0 Å². The number of nitrogens with one attached hydrogen (secondary N) is 2. The average Bonchev–Trinajstić information content (AvgIpc) is 2.51. The second-order valence-electron chi connectivity index (χ2n) is 4.46. The van der Waals surface area contributed by atoms with Gasteiger partial charge >= 0.3 is 0 Å². The van der Waals surface area contributed by atoms with Gasteiger partial charge in [0.2, 0.25) is 11.8 Å². The minimum absolute atomic E-state index is 0.0703. The third kappa shape index (κ3) is 4.80. The first-order valence-electron chi connectivity index (χ1n) is 6.66. The zero-order chi connectivity index (χ0) is 15.8. The van der Waals surface area contributed by atoms with Crippen LogP contribution in [-0.4, -0.2) is 16.9 Å². The summed E-state index contributed by atoms with van der Waals surface area (Å²) in [5.74, 6) is -0.545. The van der Waals surface area contributed by atoms with Crippen LogP contribution in [0.3, 0.4) is 0 Å². The van der Waals surface area contributed by atoms with Crippen LogP contribution in [0, 0.1) is 0 Å². The van der Waals surface area contributed by atoms with Gasteiger partial charge in [-0.05, 0) is 24.1 Å². The van der Waals surface area contributed by atoms with Gasteiger partial charge in [-0.3, -0.25) is 9.59 Å². The molecule has 1 aromatic carbocycles. The number of hydrogen-bond donors (Lipinski definition) is 3. The van der Waals surface area contributed by atoms with Gasteiger partial charge in [0.25, 0.3) is 0 Å². The van der Waals surface area contributed by atoms with Crippen molar-refractivity contribution in [2.45, 2.75) is 26.4 Å². The van der Waals surface area contributed by atoms with Crippen LogP contribution in [0.1, 0.15) is 23.6 Å². The second kappa shape index (κ2) is 7.89. The van der Waals surface area contributed by atoms with Crippen molar-refractivity contribution in [2.24, 2.45) is 0 Å². The molecule has 0 aliphatic heterocycles.